The third-order valence-electron chi connectivity index (χ3n) is 4.03. The Morgan fingerprint density at radius 3 is 2.35 bits per heavy atom. The monoisotopic (exact) mass is 237 g/mol. The van der Waals surface area contributed by atoms with E-state index < -0.39 is 5.97 Å². The fraction of sp³-hybridized carbons (Fsp3) is 0.909. The van der Waals surface area contributed by atoms with Crippen molar-refractivity contribution < 1.29 is 9.90 Å². The Bertz CT molecular complexity index is 249. The molecule has 0 aliphatic rings. The standard InChI is InChI=1S/C11H26B3NO2/c1-4-5-6-11(2,3)15(14)10(13)8(12)7-9(16)17/h8,10H,4-7,12-14H2,1-3H3,(H,16,17). The summed E-state index contributed by atoms with van der Waals surface area (Å²) in [7, 11) is 6.26. The number of hydrogen-bond acceptors (Lipinski definition) is 2. The Balaban J connectivity index is 4.45. The lowest BCUT2D eigenvalue weighted by Crippen LogP contribution is -2.50. The van der Waals surface area contributed by atoms with Crippen LogP contribution in [0.15, 0.2) is 0 Å². The van der Waals surface area contributed by atoms with Crippen molar-refractivity contribution in [3.63, 3.8) is 0 Å². The van der Waals surface area contributed by atoms with Gasteiger partial charge in [0.1, 0.15) is 15.7 Å². The van der Waals surface area contributed by atoms with Crippen molar-refractivity contribution in [3.05, 3.63) is 0 Å². The molecule has 0 aliphatic carbocycles. The highest BCUT2D eigenvalue weighted by Crippen LogP contribution is 2.25. The summed E-state index contributed by atoms with van der Waals surface area (Å²) < 4.78 is 0. The minimum atomic E-state index is -0.705. The first-order valence-corrected chi connectivity index (χ1v) is 6.67. The molecule has 2 unspecified atom stereocenters. The first kappa shape index (κ1) is 16.6. The first-order chi connectivity index (χ1) is 7.72. The fourth-order valence-electron chi connectivity index (χ4n) is 2.16. The molecule has 0 aliphatic heterocycles. The summed E-state index contributed by atoms with van der Waals surface area (Å²) in [6, 6.07) is 0. The van der Waals surface area contributed by atoms with Gasteiger partial charge in [0.15, 0.2) is 7.98 Å². The van der Waals surface area contributed by atoms with E-state index in [-0.39, 0.29) is 23.7 Å². The lowest BCUT2D eigenvalue weighted by Gasteiger charge is -2.43. The van der Waals surface area contributed by atoms with Crippen LogP contribution in [0.5, 0.6) is 0 Å². The van der Waals surface area contributed by atoms with Gasteiger partial charge in [-0.3, -0.25) is 4.79 Å². The maximum atomic E-state index is 10.7. The number of unbranched alkanes of at least 4 members (excludes halogenated alkanes) is 1. The Hall–Kier alpha value is -0.375. The van der Waals surface area contributed by atoms with Gasteiger partial charge in [0.25, 0.3) is 0 Å². The summed E-state index contributed by atoms with van der Waals surface area (Å²) in [6.07, 6.45) is 3.83. The molecule has 0 bridgehead atoms. The van der Waals surface area contributed by atoms with Gasteiger partial charge < -0.3 is 9.92 Å². The van der Waals surface area contributed by atoms with Crippen molar-refractivity contribution in [1.82, 2.24) is 4.81 Å². The van der Waals surface area contributed by atoms with Crippen LogP contribution in [0, 0.1) is 0 Å². The fourth-order valence-corrected chi connectivity index (χ4v) is 2.16. The highest BCUT2D eigenvalue weighted by atomic mass is 16.4. The minimum absolute atomic E-state index is 0.141. The zero-order valence-electron chi connectivity index (χ0n) is 12.3. The van der Waals surface area contributed by atoms with E-state index in [1.807, 2.05) is 7.85 Å². The molecule has 0 fully saturated rings. The number of aliphatic carboxylic acids is 1. The highest BCUT2D eigenvalue weighted by molar-refractivity contribution is 6.24. The third-order valence-corrected chi connectivity index (χ3v) is 4.03. The Morgan fingerprint density at radius 2 is 1.94 bits per heavy atom. The van der Waals surface area contributed by atoms with E-state index in [9.17, 15) is 4.79 Å². The minimum Gasteiger partial charge on any atom is -0.481 e. The van der Waals surface area contributed by atoms with Gasteiger partial charge in [0, 0.05) is 12.0 Å². The predicted octanol–water partition coefficient (Wildman–Crippen LogP) is -0.339. The second-order valence-electron chi connectivity index (χ2n) is 5.84. The Kier molecular flexibility index (Phi) is 6.99. The SMILES string of the molecule is BC(CC(=O)O)C(B)N(B)C(C)(C)CCCC. The molecule has 0 aromatic heterocycles. The van der Waals surface area contributed by atoms with Crippen LogP contribution in [-0.2, 0) is 4.79 Å². The molecule has 0 aromatic rings. The number of rotatable bonds is 8. The lowest BCUT2D eigenvalue weighted by molar-refractivity contribution is -0.137. The number of carbonyl (C=O) groups is 1. The second kappa shape index (κ2) is 7.15. The van der Waals surface area contributed by atoms with E-state index in [1.54, 1.807) is 0 Å². The van der Waals surface area contributed by atoms with E-state index in [4.69, 9.17) is 5.11 Å². The molecule has 0 spiro atoms. The van der Waals surface area contributed by atoms with Gasteiger partial charge in [0.05, 0.1) is 0 Å². The molecule has 6 heteroatoms. The van der Waals surface area contributed by atoms with Crippen LogP contribution in [0.1, 0.15) is 46.5 Å². The van der Waals surface area contributed by atoms with Crippen molar-refractivity contribution in [1.29, 1.82) is 0 Å². The van der Waals surface area contributed by atoms with Crippen LogP contribution in [0.3, 0.4) is 0 Å². The summed E-state index contributed by atoms with van der Waals surface area (Å²) in [5.41, 5.74) is 0.141. The molecule has 0 heterocycles. The van der Waals surface area contributed by atoms with Gasteiger partial charge in [-0.2, -0.15) is 0 Å². The molecule has 0 saturated carbocycles. The van der Waals surface area contributed by atoms with Crippen molar-refractivity contribution >= 4 is 29.6 Å². The number of carboxylic acids is 1. The molecule has 2 atom stereocenters. The quantitative estimate of drug-likeness (QED) is 0.587. The predicted molar refractivity (Wildman–Crippen MR) is 80.9 cm³/mol. The summed E-state index contributed by atoms with van der Waals surface area (Å²) in [6.45, 7) is 6.69. The average molecular weight is 237 g/mol. The molecule has 0 rings (SSSR count). The maximum absolute atomic E-state index is 10.7. The van der Waals surface area contributed by atoms with Gasteiger partial charge in [-0.15, -0.1) is 0 Å². The van der Waals surface area contributed by atoms with E-state index in [0.717, 1.165) is 6.42 Å². The van der Waals surface area contributed by atoms with Gasteiger partial charge in [-0.25, -0.2) is 0 Å². The molecule has 0 amide bonds. The Labute approximate surface area is 109 Å². The lowest BCUT2D eigenvalue weighted by atomic mass is 9.66. The summed E-state index contributed by atoms with van der Waals surface area (Å²) in [5, 5.41) is 8.84. The number of carboxylic acid groups (broad SMARTS) is 1. The number of hydrogen-bond donors (Lipinski definition) is 1. The van der Waals surface area contributed by atoms with Gasteiger partial charge >= 0.3 is 5.97 Å². The Morgan fingerprint density at radius 1 is 1.41 bits per heavy atom. The highest BCUT2D eigenvalue weighted by Gasteiger charge is 2.29. The summed E-state index contributed by atoms with van der Waals surface area (Å²) in [5.74, 6) is -0.236. The second-order valence-corrected chi connectivity index (χ2v) is 5.84. The summed E-state index contributed by atoms with van der Waals surface area (Å²) in [4.78, 5) is 13.1. The molecule has 17 heavy (non-hydrogen) atoms. The molecule has 0 radical (unpaired) electrons. The maximum Gasteiger partial charge on any atom is 0.302 e. The van der Waals surface area contributed by atoms with Gasteiger partial charge in [0.2, 0.25) is 0 Å². The van der Waals surface area contributed by atoms with Gasteiger partial charge in [-0.1, -0.05) is 25.6 Å². The van der Waals surface area contributed by atoms with E-state index in [2.05, 4.69) is 41.4 Å². The molecule has 0 aromatic carbocycles. The molecule has 1 N–H and O–H groups in total. The summed E-state index contributed by atoms with van der Waals surface area (Å²) >= 11 is 0. The van der Waals surface area contributed by atoms with Crippen LogP contribution < -0.4 is 0 Å². The van der Waals surface area contributed by atoms with Crippen LogP contribution >= 0.6 is 0 Å². The number of nitrogens with zero attached hydrogens (tertiary/aromatic N) is 1. The van der Waals surface area contributed by atoms with Crippen molar-refractivity contribution in [2.75, 3.05) is 0 Å². The van der Waals surface area contributed by atoms with E-state index in [0.29, 0.717) is 0 Å². The van der Waals surface area contributed by atoms with Crippen LogP contribution in [0.2, 0.25) is 5.82 Å². The van der Waals surface area contributed by atoms with Crippen molar-refractivity contribution in [2.24, 2.45) is 0 Å². The molecular formula is C11H26B3NO2. The largest absolute Gasteiger partial charge is 0.481 e. The average Bonchev–Trinajstić information content (AvgIpc) is 2.23. The smallest absolute Gasteiger partial charge is 0.302 e. The van der Waals surface area contributed by atoms with Crippen molar-refractivity contribution in [2.45, 2.75) is 63.8 Å². The first-order valence-electron chi connectivity index (χ1n) is 6.67. The van der Waals surface area contributed by atoms with Crippen LogP contribution in [0.4, 0.5) is 0 Å². The zero-order valence-corrected chi connectivity index (χ0v) is 12.3. The van der Waals surface area contributed by atoms with E-state index >= 15 is 0 Å². The van der Waals surface area contributed by atoms with E-state index in [1.165, 1.54) is 12.8 Å². The van der Waals surface area contributed by atoms with Crippen LogP contribution in [0.25, 0.3) is 0 Å². The molecule has 96 valence electrons. The topological polar surface area (TPSA) is 40.5 Å². The third kappa shape index (κ3) is 5.67. The van der Waals surface area contributed by atoms with Gasteiger partial charge in [-0.05, 0) is 26.2 Å². The molecule has 0 saturated heterocycles. The normalized spacial score (nSPS) is 15.8. The zero-order chi connectivity index (χ0) is 13.6. The molecular weight excluding hydrogens is 211 g/mol. The van der Waals surface area contributed by atoms with Crippen molar-refractivity contribution in [3.8, 4) is 0 Å². The molecule has 3 nitrogen and oxygen atoms in total. The van der Waals surface area contributed by atoms with Crippen LogP contribution in [-0.4, -0.2) is 51.0 Å².